The van der Waals surface area contributed by atoms with E-state index in [0.717, 1.165) is 12.8 Å². The van der Waals surface area contributed by atoms with Crippen LogP contribution in [-0.4, -0.2) is 34.7 Å². The van der Waals surface area contributed by atoms with Gasteiger partial charge in [-0.3, -0.25) is 9.59 Å². The van der Waals surface area contributed by atoms with E-state index in [0.29, 0.717) is 35.5 Å². The molecule has 1 saturated heterocycles. The molecule has 1 N–H and O–H groups in total. The van der Waals surface area contributed by atoms with Gasteiger partial charge in [0.2, 0.25) is 0 Å². The summed E-state index contributed by atoms with van der Waals surface area (Å²) in [4.78, 5) is 29.2. The second-order valence-electron chi connectivity index (χ2n) is 5.72. The highest BCUT2D eigenvalue weighted by molar-refractivity contribution is 6.44. The molecule has 0 radical (unpaired) electrons. The number of likely N-dealkylation sites (tertiary alicyclic amines) is 1. The summed E-state index contributed by atoms with van der Waals surface area (Å²) in [5, 5.41) is 0.583. The average molecular weight is 288 g/mol. The maximum Gasteiger partial charge on any atom is 0.295 e. The van der Waals surface area contributed by atoms with Gasteiger partial charge in [0.1, 0.15) is 5.82 Å². The number of hydrogen-bond acceptors (Lipinski definition) is 2. The van der Waals surface area contributed by atoms with E-state index in [9.17, 15) is 14.0 Å². The van der Waals surface area contributed by atoms with Crippen LogP contribution in [0.25, 0.3) is 10.9 Å². The summed E-state index contributed by atoms with van der Waals surface area (Å²) in [6, 6.07) is 4.14. The number of halogens is 1. The molecule has 0 saturated carbocycles. The van der Waals surface area contributed by atoms with Crippen LogP contribution < -0.4 is 0 Å². The molecule has 1 atom stereocenters. The molecular weight excluding hydrogens is 271 g/mol. The Morgan fingerprint density at radius 2 is 2.19 bits per heavy atom. The number of carbonyl (C=O) groups excluding carboxylic acids is 2. The van der Waals surface area contributed by atoms with Gasteiger partial charge in [0.15, 0.2) is 0 Å². The minimum atomic E-state index is -0.526. The molecular formula is C16H17FN2O2. The molecule has 5 heteroatoms. The van der Waals surface area contributed by atoms with Gasteiger partial charge < -0.3 is 9.88 Å². The van der Waals surface area contributed by atoms with E-state index in [2.05, 4.69) is 11.9 Å². The van der Waals surface area contributed by atoms with Crippen LogP contribution >= 0.6 is 0 Å². The number of nitrogens with one attached hydrogen (secondary N) is 1. The van der Waals surface area contributed by atoms with E-state index >= 15 is 0 Å². The monoisotopic (exact) mass is 288 g/mol. The summed E-state index contributed by atoms with van der Waals surface area (Å²) in [6.45, 7) is 3.34. The first-order valence-electron chi connectivity index (χ1n) is 7.16. The van der Waals surface area contributed by atoms with Crippen molar-refractivity contribution in [3.8, 4) is 0 Å². The lowest BCUT2D eigenvalue weighted by Crippen LogP contribution is -2.42. The lowest BCUT2D eigenvalue weighted by Gasteiger charge is -2.30. The van der Waals surface area contributed by atoms with E-state index in [4.69, 9.17) is 0 Å². The normalized spacial score (nSPS) is 19.0. The number of Topliss-reactive ketones (excluding diaryl/α,β-unsaturated/α-hetero) is 1. The molecule has 1 fully saturated rings. The number of amides is 1. The van der Waals surface area contributed by atoms with Gasteiger partial charge >= 0.3 is 0 Å². The predicted octanol–water partition coefficient (Wildman–Crippen LogP) is 2.75. The van der Waals surface area contributed by atoms with Crippen molar-refractivity contribution in [2.75, 3.05) is 13.1 Å². The van der Waals surface area contributed by atoms with Crippen molar-refractivity contribution < 1.29 is 14.0 Å². The van der Waals surface area contributed by atoms with Crippen molar-refractivity contribution in [1.82, 2.24) is 9.88 Å². The molecule has 110 valence electrons. The number of benzene rings is 1. The quantitative estimate of drug-likeness (QED) is 0.682. The molecule has 21 heavy (non-hydrogen) atoms. The highest BCUT2D eigenvalue weighted by Crippen LogP contribution is 2.22. The van der Waals surface area contributed by atoms with Crippen molar-refractivity contribution in [3.05, 3.63) is 35.8 Å². The van der Waals surface area contributed by atoms with Crippen molar-refractivity contribution in [1.29, 1.82) is 0 Å². The molecule has 1 unspecified atom stereocenters. The summed E-state index contributed by atoms with van der Waals surface area (Å²) >= 11 is 0. The zero-order valence-corrected chi connectivity index (χ0v) is 11.9. The molecule has 2 aromatic rings. The number of aromatic amines is 1. The lowest BCUT2D eigenvalue weighted by atomic mass is 9.99. The van der Waals surface area contributed by atoms with Crippen molar-refractivity contribution >= 4 is 22.6 Å². The highest BCUT2D eigenvalue weighted by Gasteiger charge is 2.28. The van der Waals surface area contributed by atoms with Crippen LogP contribution in [0.2, 0.25) is 0 Å². The molecule has 1 amide bonds. The number of H-pyrrole nitrogens is 1. The molecule has 4 nitrogen and oxygen atoms in total. The van der Waals surface area contributed by atoms with Gasteiger partial charge in [-0.15, -0.1) is 0 Å². The number of aromatic nitrogens is 1. The molecule has 0 bridgehead atoms. The number of carbonyl (C=O) groups is 2. The first-order valence-corrected chi connectivity index (χ1v) is 7.16. The molecule has 1 aromatic heterocycles. The molecule has 2 heterocycles. The first kappa shape index (κ1) is 13.8. The van der Waals surface area contributed by atoms with Crippen LogP contribution in [-0.2, 0) is 4.79 Å². The maximum atomic E-state index is 13.2. The summed E-state index contributed by atoms with van der Waals surface area (Å²) in [6.07, 6.45) is 3.50. The van der Waals surface area contributed by atoms with Crippen molar-refractivity contribution in [3.63, 3.8) is 0 Å². The van der Waals surface area contributed by atoms with Gasteiger partial charge in [-0.2, -0.15) is 0 Å². The van der Waals surface area contributed by atoms with E-state index in [1.54, 1.807) is 4.90 Å². The van der Waals surface area contributed by atoms with Gasteiger partial charge in [-0.1, -0.05) is 6.92 Å². The lowest BCUT2D eigenvalue weighted by molar-refractivity contribution is -0.128. The van der Waals surface area contributed by atoms with E-state index in [1.165, 1.54) is 24.4 Å². The number of fused-ring (bicyclic) bond motifs is 1. The minimum Gasteiger partial charge on any atom is -0.360 e. The molecule has 0 spiro atoms. The fraction of sp³-hybridized carbons (Fsp3) is 0.375. The summed E-state index contributed by atoms with van der Waals surface area (Å²) in [7, 11) is 0. The smallest absolute Gasteiger partial charge is 0.295 e. The third kappa shape index (κ3) is 2.55. The Morgan fingerprint density at radius 1 is 1.38 bits per heavy atom. The van der Waals surface area contributed by atoms with Crippen LogP contribution in [0.1, 0.15) is 30.1 Å². The van der Waals surface area contributed by atoms with Crippen molar-refractivity contribution in [2.24, 2.45) is 5.92 Å². The van der Waals surface area contributed by atoms with Crippen molar-refractivity contribution in [2.45, 2.75) is 19.8 Å². The first-order chi connectivity index (χ1) is 10.1. The Bertz CT molecular complexity index is 707. The molecule has 0 aliphatic carbocycles. The Balaban J connectivity index is 1.88. The van der Waals surface area contributed by atoms with Crippen LogP contribution in [0.15, 0.2) is 24.4 Å². The number of hydrogen-bond donors (Lipinski definition) is 1. The molecule has 3 rings (SSSR count). The number of rotatable bonds is 2. The fourth-order valence-electron chi connectivity index (χ4n) is 2.92. The van der Waals surface area contributed by atoms with E-state index in [1.807, 2.05) is 0 Å². The average Bonchev–Trinajstić information content (AvgIpc) is 2.88. The Kier molecular flexibility index (Phi) is 3.49. The van der Waals surface area contributed by atoms with Gasteiger partial charge in [0.05, 0.1) is 5.56 Å². The van der Waals surface area contributed by atoms with E-state index in [-0.39, 0.29) is 5.82 Å². The third-order valence-corrected chi connectivity index (χ3v) is 4.03. The number of nitrogens with zero attached hydrogens (tertiary/aromatic N) is 1. The molecule has 1 aliphatic rings. The van der Waals surface area contributed by atoms with Gasteiger partial charge in [-0.25, -0.2) is 4.39 Å². The SMILES string of the molecule is CC1CCCN(C(=O)C(=O)c2c[nH]c3cc(F)ccc23)C1. The van der Waals surface area contributed by atoms with Crippen LogP contribution in [0.3, 0.4) is 0 Å². The minimum absolute atomic E-state index is 0.313. The number of piperidine rings is 1. The van der Waals surface area contributed by atoms with Crippen LogP contribution in [0.5, 0.6) is 0 Å². The maximum absolute atomic E-state index is 13.2. The second-order valence-corrected chi connectivity index (χ2v) is 5.72. The Morgan fingerprint density at radius 3 is 2.95 bits per heavy atom. The molecule has 1 aliphatic heterocycles. The van der Waals surface area contributed by atoms with E-state index < -0.39 is 11.7 Å². The summed E-state index contributed by atoms with van der Waals surface area (Å²) < 4.78 is 13.2. The molecule has 1 aromatic carbocycles. The zero-order chi connectivity index (χ0) is 15.0. The van der Waals surface area contributed by atoms with Crippen LogP contribution in [0.4, 0.5) is 4.39 Å². The second kappa shape index (κ2) is 5.31. The van der Waals surface area contributed by atoms with Crippen LogP contribution in [0, 0.1) is 11.7 Å². The number of ketones is 1. The van der Waals surface area contributed by atoms with Gasteiger partial charge in [-0.05, 0) is 37.0 Å². The third-order valence-electron chi connectivity index (χ3n) is 4.03. The summed E-state index contributed by atoms with van der Waals surface area (Å²) in [5.41, 5.74) is 0.839. The van der Waals surface area contributed by atoms with Gasteiger partial charge in [0, 0.05) is 30.2 Å². The highest BCUT2D eigenvalue weighted by atomic mass is 19.1. The Hall–Kier alpha value is -2.17. The Labute approximate surface area is 121 Å². The fourth-order valence-corrected chi connectivity index (χ4v) is 2.92. The predicted molar refractivity (Wildman–Crippen MR) is 77.6 cm³/mol. The standard InChI is InChI=1S/C16H17FN2O2/c1-10-3-2-6-19(9-10)16(21)15(20)13-8-18-14-7-11(17)4-5-12(13)14/h4-5,7-8,10,18H,2-3,6,9H2,1H3. The summed E-state index contributed by atoms with van der Waals surface area (Å²) in [5.74, 6) is -0.944. The largest absolute Gasteiger partial charge is 0.360 e. The zero-order valence-electron chi connectivity index (χ0n) is 11.9. The van der Waals surface area contributed by atoms with Gasteiger partial charge in [0.25, 0.3) is 11.7 Å². The topological polar surface area (TPSA) is 53.2 Å².